The number of aromatic nitrogens is 3. The lowest BCUT2D eigenvalue weighted by Gasteiger charge is -2.10. The SMILES string of the molecule is O=C(CSc1n[nH]c(-c2ccc(Cl)cc2)n1)Nc1ccccc1-c1ccccc1. The van der Waals surface area contributed by atoms with Crippen LogP contribution in [0, 0.1) is 0 Å². The Morgan fingerprint density at radius 3 is 2.45 bits per heavy atom. The van der Waals surface area contributed by atoms with Gasteiger partial charge in [-0.15, -0.1) is 5.10 Å². The average Bonchev–Trinajstić information content (AvgIpc) is 3.23. The lowest BCUT2D eigenvalue weighted by molar-refractivity contribution is -0.113. The summed E-state index contributed by atoms with van der Waals surface area (Å²) in [6.45, 7) is 0. The molecule has 4 aromatic rings. The molecule has 0 radical (unpaired) electrons. The third kappa shape index (κ3) is 4.85. The molecule has 0 spiro atoms. The van der Waals surface area contributed by atoms with E-state index in [1.54, 1.807) is 12.1 Å². The summed E-state index contributed by atoms with van der Waals surface area (Å²) in [6, 6.07) is 25.0. The molecule has 0 saturated carbocycles. The van der Waals surface area contributed by atoms with Crippen molar-refractivity contribution in [2.45, 2.75) is 5.16 Å². The van der Waals surface area contributed by atoms with Crippen molar-refractivity contribution < 1.29 is 4.79 Å². The summed E-state index contributed by atoms with van der Waals surface area (Å²) in [5, 5.41) is 11.2. The van der Waals surface area contributed by atoms with Crippen LogP contribution in [0.1, 0.15) is 0 Å². The number of carbonyl (C=O) groups is 1. The molecule has 5 nitrogen and oxygen atoms in total. The number of carbonyl (C=O) groups excluding carboxylic acids is 1. The highest BCUT2D eigenvalue weighted by Crippen LogP contribution is 2.28. The second-order valence-electron chi connectivity index (χ2n) is 6.22. The first kappa shape index (κ1) is 19.2. The summed E-state index contributed by atoms with van der Waals surface area (Å²) >= 11 is 7.19. The zero-order valence-electron chi connectivity index (χ0n) is 15.3. The van der Waals surface area contributed by atoms with E-state index < -0.39 is 0 Å². The summed E-state index contributed by atoms with van der Waals surface area (Å²) in [6.07, 6.45) is 0. The van der Waals surface area contributed by atoms with E-state index >= 15 is 0 Å². The van der Waals surface area contributed by atoms with Gasteiger partial charge >= 0.3 is 0 Å². The standard InChI is InChI=1S/C22H17ClN4OS/c23-17-12-10-16(11-13-17)21-25-22(27-26-21)29-14-20(28)24-19-9-5-4-8-18(19)15-6-2-1-3-7-15/h1-13H,14H2,(H,24,28)(H,25,26,27). The Hall–Kier alpha value is -3.09. The highest BCUT2D eigenvalue weighted by atomic mass is 35.5. The van der Waals surface area contributed by atoms with Crippen molar-refractivity contribution in [1.29, 1.82) is 0 Å². The van der Waals surface area contributed by atoms with Crippen LogP contribution < -0.4 is 5.32 Å². The second-order valence-corrected chi connectivity index (χ2v) is 7.60. The number of nitrogens with one attached hydrogen (secondary N) is 2. The lowest BCUT2D eigenvalue weighted by Crippen LogP contribution is -2.14. The molecule has 3 aromatic carbocycles. The Labute approximate surface area is 177 Å². The third-order valence-electron chi connectivity index (χ3n) is 4.20. The van der Waals surface area contributed by atoms with E-state index in [9.17, 15) is 4.79 Å². The van der Waals surface area contributed by atoms with E-state index in [1.807, 2.05) is 66.7 Å². The van der Waals surface area contributed by atoms with Gasteiger partial charge in [-0.1, -0.05) is 71.9 Å². The van der Waals surface area contributed by atoms with Crippen LogP contribution in [0.15, 0.2) is 84.0 Å². The van der Waals surface area contributed by atoms with Gasteiger partial charge in [-0.2, -0.15) is 0 Å². The summed E-state index contributed by atoms with van der Waals surface area (Å²) in [5.41, 5.74) is 3.70. The van der Waals surface area contributed by atoms with Crippen molar-refractivity contribution in [3.63, 3.8) is 0 Å². The number of H-pyrrole nitrogens is 1. The van der Waals surface area contributed by atoms with Gasteiger partial charge in [-0.25, -0.2) is 4.98 Å². The fraction of sp³-hybridized carbons (Fsp3) is 0.0455. The molecule has 1 heterocycles. The Morgan fingerprint density at radius 1 is 0.931 bits per heavy atom. The molecular weight excluding hydrogens is 404 g/mol. The average molecular weight is 421 g/mol. The van der Waals surface area contributed by atoms with E-state index in [0.717, 1.165) is 22.4 Å². The van der Waals surface area contributed by atoms with Crippen LogP contribution >= 0.6 is 23.4 Å². The Bertz CT molecular complexity index is 1110. The first-order valence-electron chi connectivity index (χ1n) is 8.94. The van der Waals surface area contributed by atoms with Crippen molar-refractivity contribution in [3.05, 3.63) is 83.9 Å². The van der Waals surface area contributed by atoms with Gasteiger partial charge in [-0.3, -0.25) is 9.89 Å². The molecule has 29 heavy (non-hydrogen) atoms. The van der Waals surface area contributed by atoms with Crippen LogP contribution in [0.2, 0.25) is 5.02 Å². The number of thioether (sulfide) groups is 1. The predicted octanol–water partition coefficient (Wildman–Crippen LogP) is 5.52. The number of anilines is 1. The van der Waals surface area contributed by atoms with Crippen LogP contribution in [-0.4, -0.2) is 26.8 Å². The molecule has 0 unspecified atom stereocenters. The number of hydrogen-bond donors (Lipinski definition) is 2. The number of para-hydroxylation sites is 1. The van der Waals surface area contributed by atoms with Gasteiger partial charge in [0.05, 0.1) is 5.75 Å². The zero-order valence-corrected chi connectivity index (χ0v) is 16.9. The number of benzene rings is 3. The van der Waals surface area contributed by atoms with Gasteiger partial charge < -0.3 is 5.32 Å². The van der Waals surface area contributed by atoms with Gasteiger partial charge in [0.1, 0.15) is 0 Å². The molecular formula is C22H17ClN4OS. The first-order valence-corrected chi connectivity index (χ1v) is 10.3. The quantitative estimate of drug-likeness (QED) is 0.403. The van der Waals surface area contributed by atoms with E-state index in [-0.39, 0.29) is 11.7 Å². The second kappa shape index (κ2) is 8.94. The van der Waals surface area contributed by atoms with Gasteiger partial charge in [0, 0.05) is 21.8 Å². The highest BCUT2D eigenvalue weighted by molar-refractivity contribution is 7.99. The molecule has 4 rings (SSSR count). The summed E-state index contributed by atoms with van der Waals surface area (Å²) in [4.78, 5) is 16.9. The van der Waals surface area contributed by atoms with Crippen LogP contribution in [0.4, 0.5) is 5.69 Å². The fourth-order valence-corrected chi connectivity index (χ4v) is 3.55. The number of nitrogens with zero attached hydrogens (tertiary/aromatic N) is 2. The van der Waals surface area contributed by atoms with Gasteiger partial charge in [0.25, 0.3) is 0 Å². The first-order chi connectivity index (χ1) is 14.2. The summed E-state index contributed by atoms with van der Waals surface area (Å²) in [5.74, 6) is 0.733. The number of halogens is 1. The van der Waals surface area contributed by atoms with E-state index in [0.29, 0.717) is 16.0 Å². The predicted molar refractivity (Wildman–Crippen MR) is 118 cm³/mol. The van der Waals surface area contributed by atoms with Crippen LogP contribution in [0.25, 0.3) is 22.5 Å². The molecule has 1 amide bonds. The molecule has 0 fully saturated rings. The fourth-order valence-electron chi connectivity index (χ4n) is 2.83. The van der Waals surface area contributed by atoms with Crippen LogP contribution in [0.5, 0.6) is 0 Å². The van der Waals surface area contributed by atoms with Crippen molar-refractivity contribution in [2.75, 3.05) is 11.1 Å². The normalized spacial score (nSPS) is 10.7. The zero-order chi connectivity index (χ0) is 20.1. The molecule has 0 aliphatic carbocycles. The van der Waals surface area contributed by atoms with E-state index in [4.69, 9.17) is 11.6 Å². The Balaban J connectivity index is 1.40. The number of rotatable bonds is 6. The van der Waals surface area contributed by atoms with Crippen molar-refractivity contribution >= 4 is 35.0 Å². The van der Waals surface area contributed by atoms with Gasteiger partial charge in [0.2, 0.25) is 11.1 Å². The van der Waals surface area contributed by atoms with E-state index in [1.165, 1.54) is 11.8 Å². The van der Waals surface area contributed by atoms with Crippen molar-refractivity contribution in [3.8, 4) is 22.5 Å². The monoisotopic (exact) mass is 420 g/mol. The maximum Gasteiger partial charge on any atom is 0.234 e. The third-order valence-corrected chi connectivity index (χ3v) is 5.30. The molecule has 7 heteroatoms. The maximum absolute atomic E-state index is 12.5. The number of hydrogen-bond acceptors (Lipinski definition) is 4. The van der Waals surface area contributed by atoms with Gasteiger partial charge in [-0.05, 0) is 35.9 Å². The summed E-state index contributed by atoms with van der Waals surface area (Å²) < 4.78 is 0. The minimum absolute atomic E-state index is 0.115. The lowest BCUT2D eigenvalue weighted by atomic mass is 10.0. The maximum atomic E-state index is 12.5. The van der Waals surface area contributed by atoms with Crippen LogP contribution in [0.3, 0.4) is 0 Å². The molecule has 0 atom stereocenters. The summed E-state index contributed by atoms with van der Waals surface area (Å²) in [7, 11) is 0. The molecule has 0 bridgehead atoms. The topological polar surface area (TPSA) is 70.7 Å². The van der Waals surface area contributed by atoms with Crippen molar-refractivity contribution in [2.24, 2.45) is 0 Å². The van der Waals surface area contributed by atoms with Crippen LogP contribution in [-0.2, 0) is 4.79 Å². The highest BCUT2D eigenvalue weighted by Gasteiger charge is 2.11. The van der Waals surface area contributed by atoms with Gasteiger partial charge in [0.15, 0.2) is 5.82 Å². The molecule has 0 saturated heterocycles. The number of amides is 1. The van der Waals surface area contributed by atoms with Crippen molar-refractivity contribution in [1.82, 2.24) is 15.2 Å². The molecule has 0 aliphatic rings. The Kier molecular flexibility index (Phi) is 5.93. The number of aromatic amines is 1. The molecule has 2 N–H and O–H groups in total. The minimum atomic E-state index is -0.115. The molecule has 1 aromatic heterocycles. The smallest absolute Gasteiger partial charge is 0.234 e. The molecule has 144 valence electrons. The minimum Gasteiger partial charge on any atom is -0.325 e. The largest absolute Gasteiger partial charge is 0.325 e. The van der Waals surface area contributed by atoms with E-state index in [2.05, 4.69) is 20.5 Å². The Morgan fingerprint density at radius 2 is 1.66 bits per heavy atom. The molecule has 0 aliphatic heterocycles.